The van der Waals surface area contributed by atoms with Crippen LogP contribution in [0.2, 0.25) is 0 Å². The van der Waals surface area contributed by atoms with Crippen LogP contribution in [-0.2, 0) is 10.8 Å². The Morgan fingerprint density at radius 2 is 2.20 bits per heavy atom. The first kappa shape index (κ1) is 16.1. The number of nitro benzene ring substituents is 1. The summed E-state index contributed by atoms with van der Waals surface area (Å²) in [5.41, 5.74) is 2.31. The number of hydrazine groups is 1. The van der Waals surface area contributed by atoms with Crippen molar-refractivity contribution in [2.75, 3.05) is 23.5 Å². The molecule has 8 nitrogen and oxygen atoms in total. The van der Waals surface area contributed by atoms with Crippen molar-refractivity contribution in [2.24, 2.45) is 5.84 Å². The lowest BCUT2D eigenvalue weighted by molar-refractivity contribution is -0.385. The monoisotopic (exact) mass is 300 g/mol. The van der Waals surface area contributed by atoms with Gasteiger partial charge < -0.3 is 10.7 Å². The van der Waals surface area contributed by atoms with E-state index in [1.165, 1.54) is 18.2 Å². The predicted octanol–water partition coefficient (Wildman–Crippen LogP) is 0.379. The van der Waals surface area contributed by atoms with Crippen LogP contribution in [0.15, 0.2) is 18.2 Å². The number of hydrogen-bond donors (Lipinski definition) is 3. The molecular weight excluding hydrogens is 284 g/mol. The molecule has 0 aliphatic carbocycles. The van der Waals surface area contributed by atoms with Gasteiger partial charge in [-0.3, -0.25) is 25.0 Å². The number of benzene rings is 1. The van der Waals surface area contributed by atoms with E-state index in [1.54, 1.807) is 6.92 Å². The number of nitro groups is 1. The summed E-state index contributed by atoms with van der Waals surface area (Å²) in [5.74, 6) is 5.43. The standard InChI is InChI=1S/C11H16N4O4S/c1-2-20(19)6-5-13-11(16)9-7-8(14-12)3-4-10(9)15(17)18/h3-4,7,14H,2,5-6,12H2,1H3,(H,13,16). The first-order valence-electron chi connectivity index (χ1n) is 5.87. The highest BCUT2D eigenvalue weighted by Gasteiger charge is 2.20. The van der Waals surface area contributed by atoms with E-state index in [9.17, 15) is 19.1 Å². The van der Waals surface area contributed by atoms with Gasteiger partial charge in [0.25, 0.3) is 11.6 Å². The van der Waals surface area contributed by atoms with Gasteiger partial charge in [0, 0.05) is 40.6 Å². The quantitative estimate of drug-likeness (QED) is 0.379. The molecule has 20 heavy (non-hydrogen) atoms. The molecule has 1 amide bonds. The third-order valence-electron chi connectivity index (χ3n) is 2.54. The van der Waals surface area contributed by atoms with E-state index in [1.807, 2.05) is 0 Å². The smallest absolute Gasteiger partial charge is 0.282 e. The Labute approximate surface area is 118 Å². The maximum absolute atomic E-state index is 11.9. The molecule has 0 fully saturated rings. The second-order valence-corrected chi connectivity index (χ2v) is 5.69. The van der Waals surface area contributed by atoms with Crippen molar-refractivity contribution in [3.05, 3.63) is 33.9 Å². The molecule has 4 N–H and O–H groups in total. The van der Waals surface area contributed by atoms with Gasteiger partial charge in [-0.2, -0.15) is 0 Å². The molecule has 0 aromatic heterocycles. The van der Waals surface area contributed by atoms with E-state index < -0.39 is 21.6 Å². The third-order valence-corrected chi connectivity index (χ3v) is 3.85. The molecule has 1 aromatic rings. The van der Waals surface area contributed by atoms with Crippen LogP contribution in [-0.4, -0.2) is 33.1 Å². The second-order valence-electron chi connectivity index (χ2n) is 3.82. The molecule has 1 atom stereocenters. The SMILES string of the molecule is CCS(=O)CCNC(=O)c1cc(NN)ccc1[N+](=O)[O-]. The Morgan fingerprint density at radius 1 is 1.50 bits per heavy atom. The van der Waals surface area contributed by atoms with Gasteiger partial charge in [-0.15, -0.1) is 0 Å². The normalized spacial score (nSPS) is 11.7. The van der Waals surface area contributed by atoms with Crippen LogP contribution in [0.3, 0.4) is 0 Å². The van der Waals surface area contributed by atoms with Crippen molar-refractivity contribution in [1.82, 2.24) is 5.32 Å². The molecule has 9 heteroatoms. The largest absolute Gasteiger partial charge is 0.351 e. The average molecular weight is 300 g/mol. The summed E-state index contributed by atoms with van der Waals surface area (Å²) in [6, 6.07) is 3.90. The lowest BCUT2D eigenvalue weighted by Gasteiger charge is -2.07. The maximum atomic E-state index is 11.9. The fourth-order valence-corrected chi connectivity index (χ4v) is 2.10. The van der Waals surface area contributed by atoms with Crippen LogP contribution in [0.1, 0.15) is 17.3 Å². The highest BCUT2D eigenvalue weighted by Crippen LogP contribution is 2.22. The fraction of sp³-hybridized carbons (Fsp3) is 0.364. The summed E-state index contributed by atoms with van der Waals surface area (Å²) < 4.78 is 11.2. The predicted molar refractivity (Wildman–Crippen MR) is 76.8 cm³/mol. The van der Waals surface area contributed by atoms with Crippen LogP contribution >= 0.6 is 0 Å². The summed E-state index contributed by atoms with van der Waals surface area (Å²) >= 11 is 0. The molecule has 0 saturated heterocycles. The van der Waals surface area contributed by atoms with Crippen molar-refractivity contribution < 1.29 is 13.9 Å². The molecule has 0 heterocycles. The van der Waals surface area contributed by atoms with Gasteiger partial charge in [0.15, 0.2) is 0 Å². The Morgan fingerprint density at radius 3 is 2.75 bits per heavy atom. The summed E-state index contributed by atoms with van der Waals surface area (Å²) in [7, 11) is -1.00. The fourth-order valence-electron chi connectivity index (χ4n) is 1.48. The first-order chi connectivity index (χ1) is 9.49. The molecule has 0 spiro atoms. The number of nitrogens with one attached hydrogen (secondary N) is 2. The van der Waals surface area contributed by atoms with Crippen LogP contribution in [0.25, 0.3) is 0 Å². The highest BCUT2D eigenvalue weighted by molar-refractivity contribution is 7.84. The average Bonchev–Trinajstić information content (AvgIpc) is 2.45. The van der Waals surface area contributed by atoms with E-state index >= 15 is 0 Å². The zero-order chi connectivity index (χ0) is 15.1. The van der Waals surface area contributed by atoms with Gasteiger partial charge >= 0.3 is 0 Å². The molecule has 0 saturated carbocycles. The molecule has 0 radical (unpaired) electrons. The minimum Gasteiger partial charge on any atom is -0.351 e. The molecule has 0 bridgehead atoms. The molecule has 1 aromatic carbocycles. The Balaban J connectivity index is 2.84. The summed E-state index contributed by atoms with van der Waals surface area (Å²) in [5, 5.41) is 13.4. The van der Waals surface area contributed by atoms with E-state index in [2.05, 4.69) is 10.7 Å². The van der Waals surface area contributed by atoms with Crippen LogP contribution in [0, 0.1) is 10.1 Å². The Bertz CT molecular complexity index is 535. The molecule has 1 unspecified atom stereocenters. The topological polar surface area (TPSA) is 127 Å². The van der Waals surface area contributed by atoms with E-state index in [0.29, 0.717) is 17.2 Å². The lowest BCUT2D eigenvalue weighted by atomic mass is 10.1. The van der Waals surface area contributed by atoms with Crippen LogP contribution in [0.4, 0.5) is 11.4 Å². The van der Waals surface area contributed by atoms with E-state index in [-0.39, 0.29) is 17.8 Å². The van der Waals surface area contributed by atoms with Crippen molar-refractivity contribution in [1.29, 1.82) is 0 Å². The summed E-state index contributed by atoms with van der Waals surface area (Å²) in [6.07, 6.45) is 0. The molecular formula is C11H16N4O4S. The van der Waals surface area contributed by atoms with Crippen molar-refractivity contribution in [3.63, 3.8) is 0 Å². The van der Waals surface area contributed by atoms with Crippen LogP contribution in [0.5, 0.6) is 0 Å². The number of carbonyl (C=O) groups excluding carboxylic acids is 1. The van der Waals surface area contributed by atoms with E-state index in [0.717, 1.165) is 0 Å². The molecule has 0 aliphatic heterocycles. The Kier molecular flexibility index (Phi) is 6.07. The minimum atomic E-state index is -1.00. The first-order valence-corrected chi connectivity index (χ1v) is 7.36. The number of nitrogen functional groups attached to an aromatic ring is 1. The van der Waals surface area contributed by atoms with Gasteiger partial charge in [-0.25, -0.2) is 0 Å². The number of nitrogens with zero attached hydrogens (tertiary/aromatic N) is 1. The Hall–Kier alpha value is -2.00. The van der Waals surface area contributed by atoms with Crippen LogP contribution < -0.4 is 16.6 Å². The van der Waals surface area contributed by atoms with Gasteiger partial charge in [-0.1, -0.05) is 6.92 Å². The number of carbonyl (C=O) groups is 1. The zero-order valence-electron chi connectivity index (χ0n) is 10.9. The number of hydrogen-bond acceptors (Lipinski definition) is 6. The van der Waals surface area contributed by atoms with Gasteiger partial charge in [0.05, 0.1) is 4.92 Å². The lowest BCUT2D eigenvalue weighted by Crippen LogP contribution is -2.28. The minimum absolute atomic E-state index is 0.0901. The number of amides is 1. The van der Waals surface area contributed by atoms with Crippen molar-refractivity contribution in [2.45, 2.75) is 6.92 Å². The summed E-state index contributed by atoms with van der Waals surface area (Å²) in [6.45, 7) is 1.97. The highest BCUT2D eigenvalue weighted by atomic mass is 32.2. The van der Waals surface area contributed by atoms with Gasteiger partial charge in [-0.05, 0) is 12.1 Å². The van der Waals surface area contributed by atoms with Crippen molar-refractivity contribution >= 4 is 28.1 Å². The molecule has 0 aliphatic rings. The number of nitrogens with two attached hydrogens (primary N) is 1. The van der Waals surface area contributed by atoms with Gasteiger partial charge in [0.2, 0.25) is 0 Å². The maximum Gasteiger partial charge on any atom is 0.282 e. The van der Waals surface area contributed by atoms with Gasteiger partial charge in [0.1, 0.15) is 5.56 Å². The summed E-state index contributed by atoms with van der Waals surface area (Å²) in [4.78, 5) is 22.2. The van der Waals surface area contributed by atoms with Crippen molar-refractivity contribution in [3.8, 4) is 0 Å². The molecule has 1 rings (SSSR count). The zero-order valence-corrected chi connectivity index (χ0v) is 11.7. The van der Waals surface area contributed by atoms with E-state index in [4.69, 9.17) is 5.84 Å². The third kappa shape index (κ3) is 4.28. The molecule has 110 valence electrons. The number of rotatable bonds is 7. The second kappa shape index (κ2) is 7.56. The number of anilines is 1.